The Morgan fingerprint density at radius 1 is 0.630 bits per heavy atom. The molecule has 0 N–H and O–H groups in total. The highest BCUT2D eigenvalue weighted by Gasteiger charge is 2.01. The SMILES string of the molecule is CC/C=C\CCC=CCOC(=O)CCCCCCCCCCCCCCC. The van der Waals surface area contributed by atoms with Crippen LogP contribution >= 0.6 is 0 Å². The van der Waals surface area contributed by atoms with Crippen LogP contribution in [0.4, 0.5) is 0 Å². The molecule has 0 radical (unpaired) electrons. The van der Waals surface area contributed by atoms with Gasteiger partial charge in [-0.25, -0.2) is 0 Å². The normalized spacial score (nSPS) is 11.6. The summed E-state index contributed by atoms with van der Waals surface area (Å²) in [6.45, 7) is 4.84. The molecule has 0 unspecified atom stereocenters. The van der Waals surface area contributed by atoms with Crippen molar-refractivity contribution < 1.29 is 9.53 Å². The number of ether oxygens (including phenoxy) is 1. The Bertz CT molecular complexity index is 357. The van der Waals surface area contributed by atoms with E-state index in [-0.39, 0.29) is 5.97 Å². The quantitative estimate of drug-likeness (QED) is 0.121. The standard InChI is InChI=1S/C25H46O2/c1-3-5-7-9-11-12-13-14-15-16-17-19-21-23-25(26)27-24-22-20-18-10-8-6-4-2/h6,8,20,22H,3-5,7,9-19,21,23-24H2,1-2H3/b8-6-,22-20?. The second-order valence-electron chi connectivity index (χ2n) is 7.60. The Morgan fingerprint density at radius 3 is 1.63 bits per heavy atom. The van der Waals surface area contributed by atoms with Crippen LogP contribution in [0.3, 0.4) is 0 Å². The van der Waals surface area contributed by atoms with Crippen molar-refractivity contribution in [3.63, 3.8) is 0 Å². The van der Waals surface area contributed by atoms with E-state index in [0.717, 1.165) is 32.1 Å². The summed E-state index contributed by atoms with van der Waals surface area (Å²) >= 11 is 0. The van der Waals surface area contributed by atoms with Gasteiger partial charge in [0.2, 0.25) is 0 Å². The molecule has 0 spiro atoms. The van der Waals surface area contributed by atoms with Gasteiger partial charge in [0.1, 0.15) is 6.61 Å². The largest absolute Gasteiger partial charge is 0.461 e. The van der Waals surface area contributed by atoms with E-state index in [0.29, 0.717) is 13.0 Å². The summed E-state index contributed by atoms with van der Waals surface area (Å²) in [6, 6.07) is 0. The van der Waals surface area contributed by atoms with Crippen LogP contribution in [0.1, 0.15) is 123 Å². The molecular weight excluding hydrogens is 332 g/mol. The van der Waals surface area contributed by atoms with E-state index in [4.69, 9.17) is 4.74 Å². The van der Waals surface area contributed by atoms with E-state index in [2.05, 4.69) is 32.1 Å². The first-order chi connectivity index (χ1) is 13.3. The Kier molecular flexibility index (Phi) is 22.1. The number of rotatable bonds is 20. The van der Waals surface area contributed by atoms with Crippen LogP contribution in [0.2, 0.25) is 0 Å². The summed E-state index contributed by atoms with van der Waals surface area (Å²) in [6.07, 6.45) is 29.5. The van der Waals surface area contributed by atoms with Gasteiger partial charge in [-0.3, -0.25) is 4.79 Å². The lowest BCUT2D eigenvalue weighted by Gasteiger charge is -2.03. The maximum atomic E-state index is 11.7. The molecule has 0 aromatic heterocycles. The predicted octanol–water partition coefficient (Wildman–Crippen LogP) is 8.31. The smallest absolute Gasteiger partial charge is 0.306 e. The van der Waals surface area contributed by atoms with Gasteiger partial charge in [0.05, 0.1) is 0 Å². The highest BCUT2D eigenvalue weighted by molar-refractivity contribution is 5.69. The highest BCUT2D eigenvalue weighted by Crippen LogP contribution is 2.13. The summed E-state index contributed by atoms with van der Waals surface area (Å²) in [5.41, 5.74) is 0. The second kappa shape index (κ2) is 23.0. The number of hydrogen-bond donors (Lipinski definition) is 0. The molecule has 2 heteroatoms. The maximum Gasteiger partial charge on any atom is 0.306 e. The molecule has 0 saturated carbocycles. The number of carbonyl (C=O) groups excluding carboxylic acids is 1. The molecule has 0 aliphatic rings. The summed E-state index contributed by atoms with van der Waals surface area (Å²) in [5.74, 6) is -0.0476. The van der Waals surface area contributed by atoms with Gasteiger partial charge in [0, 0.05) is 6.42 Å². The topological polar surface area (TPSA) is 26.3 Å². The van der Waals surface area contributed by atoms with Crippen LogP contribution in [0, 0.1) is 0 Å². The van der Waals surface area contributed by atoms with Crippen LogP contribution in [0.15, 0.2) is 24.3 Å². The van der Waals surface area contributed by atoms with E-state index in [1.807, 2.05) is 6.08 Å². The molecule has 0 heterocycles. The molecule has 0 fully saturated rings. The Balaban J connectivity index is 3.23. The Labute approximate surface area is 169 Å². The molecule has 27 heavy (non-hydrogen) atoms. The molecule has 0 aromatic carbocycles. The van der Waals surface area contributed by atoms with Crippen molar-refractivity contribution >= 4 is 5.97 Å². The monoisotopic (exact) mass is 378 g/mol. The van der Waals surface area contributed by atoms with E-state index in [1.54, 1.807) is 0 Å². The van der Waals surface area contributed by atoms with Crippen molar-refractivity contribution in [1.29, 1.82) is 0 Å². The lowest BCUT2D eigenvalue weighted by Crippen LogP contribution is -2.03. The number of esters is 1. The van der Waals surface area contributed by atoms with Gasteiger partial charge in [-0.05, 0) is 25.7 Å². The van der Waals surface area contributed by atoms with Crippen molar-refractivity contribution in [2.24, 2.45) is 0 Å². The van der Waals surface area contributed by atoms with Crippen molar-refractivity contribution in [3.8, 4) is 0 Å². The molecule has 0 bridgehead atoms. The van der Waals surface area contributed by atoms with Gasteiger partial charge < -0.3 is 4.74 Å². The van der Waals surface area contributed by atoms with Crippen LogP contribution in [-0.2, 0) is 9.53 Å². The van der Waals surface area contributed by atoms with Gasteiger partial charge in [-0.1, -0.05) is 115 Å². The number of carbonyl (C=O) groups is 1. The average Bonchev–Trinajstić information content (AvgIpc) is 2.67. The lowest BCUT2D eigenvalue weighted by molar-refractivity contribution is -0.142. The minimum atomic E-state index is -0.0476. The molecule has 0 rings (SSSR count). The molecule has 0 amide bonds. The number of allylic oxidation sites excluding steroid dienone is 3. The first-order valence-electron chi connectivity index (χ1n) is 11.8. The zero-order valence-electron chi connectivity index (χ0n) is 18.4. The molecule has 0 aliphatic heterocycles. The van der Waals surface area contributed by atoms with Crippen molar-refractivity contribution in [2.75, 3.05) is 6.61 Å². The van der Waals surface area contributed by atoms with Gasteiger partial charge in [0.25, 0.3) is 0 Å². The molecule has 0 aromatic rings. The van der Waals surface area contributed by atoms with E-state index in [9.17, 15) is 4.79 Å². The fraction of sp³-hybridized carbons (Fsp3) is 0.800. The zero-order valence-corrected chi connectivity index (χ0v) is 18.4. The van der Waals surface area contributed by atoms with E-state index in [1.165, 1.54) is 70.6 Å². The summed E-state index contributed by atoms with van der Waals surface area (Å²) in [5, 5.41) is 0. The minimum Gasteiger partial charge on any atom is -0.461 e. The summed E-state index contributed by atoms with van der Waals surface area (Å²) in [7, 11) is 0. The first-order valence-corrected chi connectivity index (χ1v) is 11.8. The molecule has 2 nitrogen and oxygen atoms in total. The predicted molar refractivity (Wildman–Crippen MR) is 119 cm³/mol. The lowest BCUT2D eigenvalue weighted by atomic mass is 10.0. The van der Waals surface area contributed by atoms with Gasteiger partial charge in [-0.15, -0.1) is 0 Å². The van der Waals surface area contributed by atoms with Crippen LogP contribution < -0.4 is 0 Å². The molecule has 0 saturated heterocycles. The van der Waals surface area contributed by atoms with Crippen LogP contribution in [0.5, 0.6) is 0 Å². The molecule has 158 valence electrons. The third kappa shape index (κ3) is 22.9. The summed E-state index contributed by atoms with van der Waals surface area (Å²) < 4.78 is 5.23. The maximum absolute atomic E-state index is 11.7. The Hall–Kier alpha value is -1.05. The molecule has 0 atom stereocenters. The van der Waals surface area contributed by atoms with Crippen molar-refractivity contribution in [3.05, 3.63) is 24.3 Å². The molecule has 0 aliphatic carbocycles. The van der Waals surface area contributed by atoms with Gasteiger partial charge >= 0.3 is 5.97 Å². The second-order valence-corrected chi connectivity index (χ2v) is 7.60. The van der Waals surface area contributed by atoms with Gasteiger partial charge in [0.15, 0.2) is 0 Å². The first kappa shape index (κ1) is 26.0. The molecular formula is C25H46O2. The van der Waals surface area contributed by atoms with Crippen molar-refractivity contribution in [2.45, 2.75) is 123 Å². The number of hydrogen-bond acceptors (Lipinski definition) is 2. The van der Waals surface area contributed by atoms with Crippen LogP contribution in [-0.4, -0.2) is 12.6 Å². The highest BCUT2D eigenvalue weighted by atomic mass is 16.5. The van der Waals surface area contributed by atoms with Gasteiger partial charge in [-0.2, -0.15) is 0 Å². The van der Waals surface area contributed by atoms with Crippen molar-refractivity contribution in [1.82, 2.24) is 0 Å². The Morgan fingerprint density at radius 2 is 1.11 bits per heavy atom. The fourth-order valence-electron chi connectivity index (χ4n) is 3.16. The third-order valence-electron chi connectivity index (χ3n) is 4.89. The third-order valence-corrected chi connectivity index (χ3v) is 4.89. The average molecular weight is 379 g/mol. The van der Waals surface area contributed by atoms with Crippen LogP contribution in [0.25, 0.3) is 0 Å². The zero-order chi connectivity index (χ0) is 19.8. The summed E-state index contributed by atoms with van der Waals surface area (Å²) in [4.78, 5) is 11.7. The fourth-order valence-corrected chi connectivity index (χ4v) is 3.16. The number of unbranched alkanes of at least 4 members (excludes halogenated alkanes) is 13. The minimum absolute atomic E-state index is 0.0476. The van der Waals surface area contributed by atoms with E-state index >= 15 is 0 Å². The van der Waals surface area contributed by atoms with E-state index < -0.39 is 0 Å².